The lowest BCUT2D eigenvalue weighted by Crippen LogP contribution is -2.13. The number of benzene rings is 1. The van der Waals surface area contributed by atoms with Crippen molar-refractivity contribution >= 4 is 27.5 Å². The van der Waals surface area contributed by atoms with Crippen molar-refractivity contribution in [1.29, 1.82) is 0 Å². The Morgan fingerprint density at radius 3 is 2.77 bits per heavy atom. The summed E-state index contributed by atoms with van der Waals surface area (Å²) in [5.41, 5.74) is 1.12. The van der Waals surface area contributed by atoms with Crippen molar-refractivity contribution in [3.8, 4) is 0 Å². The van der Waals surface area contributed by atoms with Gasteiger partial charge in [0.2, 0.25) is 0 Å². The smallest absolute Gasteiger partial charge is 0.0551 e. The van der Waals surface area contributed by atoms with E-state index < -0.39 is 0 Å². The van der Waals surface area contributed by atoms with Gasteiger partial charge in [0.15, 0.2) is 0 Å². The second kappa shape index (κ2) is 4.80. The third-order valence-corrected chi connectivity index (χ3v) is 3.08. The van der Waals surface area contributed by atoms with E-state index in [0.717, 1.165) is 15.1 Å². The first-order chi connectivity index (χ1) is 6.19. The highest BCUT2D eigenvalue weighted by atomic mass is 79.9. The molecule has 3 heteroatoms. The van der Waals surface area contributed by atoms with Gasteiger partial charge in [0.25, 0.3) is 0 Å². The molecule has 13 heavy (non-hydrogen) atoms. The van der Waals surface area contributed by atoms with Crippen LogP contribution in [-0.4, -0.2) is 7.05 Å². The van der Waals surface area contributed by atoms with Gasteiger partial charge in [0.05, 0.1) is 11.1 Å². The van der Waals surface area contributed by atoms with Crippen molar-refractivity contribution < 1.29 is 0 Å². The highest BCUT2D eigenvalue weighted by molar-refractivity contribution is 9.10. The number of halogens is 2. The van der Waals surface area contributed by atoms with Crippen molar-refractivity contribution in [2.75, 3.05) is 7.05 Å². The second-order valence-corrected chi connectivity index (χ2v) is 3.94. The Hall–Kier alpha value is -0.310. The molecular formula is C10H11BrClN. The van der Waals surface area contributed by atoms with E-state index in [9.17, 15) is 0 Å². The summed E-state index contributed by atoms with van der Waals surface area (Å²) in [5, 5.41) is 3.84. The molecule has 1 unspecified atom stereocenters. The summed E-state index contributed by atoms with van der Waals surface area (Å²) in [5.74, 6) is 0. The fourth-order valence-electron chi connectivity index (χ4n) is 1.13. The number of hydrogen-bond donors (Lipinski definition) is 1. The van der Waals surface area contributed by atoms with Crippen LogP contribution in [0.25, 0.3) is 0 Å². The topological polar surface area (TPSA) is 12.0 Å². The van der Waals surface area contributed by atoms with Crippen LogP contribution in [0.3, 0.4) is 0 Å². The largest absolute Gasteiger partial charge is 0.310 e. The van der Waals surface area contributed by atoms with Gasteiger partial charge in [0, 0.05) is 4.47 Å². The van der Waals surface area contributed by atoms with Crippen molar-refractivity contribution in [1.82, 2.24) is 5.32 Å². The highest BCUT2D eigenvalue weighted by Gasteiger charge is 2.05. The quantitative estimate of drug-likeness (QED) is 0.820. The Kier molecular flexibility index (Phi) is 3.97. The number of nitrogens with one attached hydrogen (secondary N) is 1. The Labute approximate surface area is 91.9 Å². The third-order valence-electron chi connectivity index (χ3n) is 1.85. The summed E-state index contributed by atoms with van der Waals surface area (Å²) in [6.45, 7) is 3.74. The van der Waals surface area contributed by atoms with E-state index >= 15 is 0 Å². The van der Waals surface area contributed by atoms with Crippen molar-refractivity contribution in [3.05, 3.63) is 45.9 Å². The molecule has 0 aliphatic carbocycles. The monoisotopic (exact) mass is 259 g/mol. The zero-order valence-corrected chi connectivity index (χ0v) is 9.69. The predicted molar refractivity (Wildman–Crippen MR) is 61.1 cm³/mol. The molecule has 0 heterocycles. The Balaban J connectivity index is 3.01. The van der Waals surface area contributed by atoms with E-state index in [4.69, 9.17) is 11.6 Å². The predicted octanol–water partition coefficient (Wildman–Crippen LogP) is 3.55. The minimum atomic E-state index is 0.158. The van der Waals surface area contributed by atoms with Crippen molar-refractivity contribution in [3.63, 3.8) is 0 Å². The third kappa shape index (κ3) is 2.56. The van der Waals surface area contributed by atoms with Gasteiger partial charge < -0.3 is 5.32 Å². The first-order valence-electron chi connectivity index (χ1n) is 3.93. The molecule has 1 aromatic rings. The summed E-state index contributed by atoms with van der Waals surface area (Å²) < 4.78 is 0.914. The average molecular weight is 261 g/mol. The van der Waals surface area contributed by atoms with Gasteiger partial charge in [-0.3, -0.25) is 0 Å². The number of rotatable bonds is 3. The molecule has 1 nitrogen and oxygen atoms in total. The molecule has 0 radical (unpaired) electrons. The Morgan fingerprint density at radius 1 is 1.62 bits per heavy atom. The zero-order chi connectivity index (χ0) is 9.84. The maximum absolute atomic E-state index is 5.96. The molecule has 0 aliphatic rings. The molecular weight excluding hydrogens is 249 g/mol. The Bertz CT molecular complexity index is 312. The van der Waals surface area contributed by atoms with Gasteiger partial charge in [-0.1, -0.05) is 23.7 Å². The normalized spacial score (nSPS) is 12.5. The van der Waals surface area contributed by atoms with Crippen molar-refractivity contribution in [2.45, 2.75) is 6.04 Å². The van der Waals surface area contributed by atoms with Crippen LogP contribution >= 0.6 is 27.5 Å². The van der Waals surface area contributed by atoms with E-state index in [1.165, 1.54) is 0 Å². The number of hydrogen-bond acceptors (Lipinski definition) is 1. The standard InChI is InChI=1S/C10H11BrClN/c1-3-10(13-2)7-4-5-8(11)9(12)6-7/h3-6,10,13H,1H2,2H3. The summed E-state index contributed by atoms with van der Waals surface area (Å²) in [4.78, 5) is 0. The van der Waals surface area contributed by atoms with Gasteiger partial charge in [-0.2, -0.15) is 0 Å². The fraction of sp³-hybridized carbons (Fsp3) is 0.200. The van der Waals surface area contributed by atoms with E-state index in [1.54, 1.807) is 0 Å². The van der Waals surface area contributed by atoms with Gasteiger partial charge in [-0.15, -0.1) is 6.58 Å². The molecule has 1 N–H and O–H groups in total. The molecule has 1 aromatic carbocycles. The molecule has 0 saturated heterocycles. The molecule has 0 aliphatic heterocycles. The number of likely N-dealkylation sites (N-methyl/N-ethyl adjacent to an activating group) is 1. The first kappa shape index (κ1) is 10.8. The van der Waals surface area contributed by atoms with Crippen LogP contribution in [0.1, 0.15) is 11.6 Å². The molecule has 0 amide bonds. The minimum Gasteiger partial charge on any atom is -0.310 e. The van der Waals surface area contributed by atoms with Crippen LogP contribution in [0.15, 0.2) is 35.3 Å². The van der Waals surface area contributed by atoms with E-state index in [0.29, 0.717) is 0 Å². The summed E-state index contributed by atoms with van der Waals surface area (Å²) in [6.07, 6.45) is 1.85. The molecule has 0 spiro atoms. The maximum Gasteiger partial charge on any atom is 0.0551 e. The molecule has 1 rings (SSSR count). The first-order valence-corrected chi connectivity index (χ1v) is 5.11. The van der Waals surface area contributed by atoms with Gasteiger partial charge in [-0.25, -0.2) is 0 Å². The fourth-order valence-corrected chi connectivity index (χ4v) is 1.56. The van der Waals surface area contributed by atoms with Crippen LogP contribution in [0.4, 0.5) is 0 Å². The zero-order valence-electron chi connectivity index (χ0n) is 7.35. The Morgan fingerprint density at radius 2 is 2.31 bits per heavy atom. The van der Waals surface area contributed by atoms with E-state index in [-0.39, 0.29) is 6.04 Å². The molecule has 0 bridgehead atoms. The molecule has 70 valence electrons. The van der Waals surface area contributed by atoms with E-state index in [1.807, 2.05) is 31.3 Å². The van der Waals surface area contributed by atoms with Crippen LogP contribution in [-0.2, 0) is 0 Å². The summed E-state index contributed by atoms with van der Waals surface area (Å²) in [7, 11) is 1.89. The molecule has 1 atom stereocenters. The van der Waals surface area contributed by atoms with Crippen LogP contribution in [0.5, 0.6) is 0 Å². The second-order valence-electron chi connectivity index (χ2n) is 2.68. The van der Waals surface area contributed by atoms with E-state index in [2.05, 4.69) is 27.8 Å². The molecule has 0 aromatic heterocycles. The highest BCUT2D eigenvalue weighted by Crippen LogP contribution is 2.26. The van der Waals surface area contributed by atoms with Gasteiger partial charge in [-0.05, 0) is 40.7 Å². The lowest BCUT2D eigenvalue weighted by atomic mass is 10.1. The van der Waals surface area contributed by atoms with Crippen molar-refractivity contribution in [2.24, 2.45) is 0 Å². The molecule has 0 saturated carbocycles. The SMILES string of the molecule is C=CC(NC)c1ccc(Br)c(Cl)c1. The average Bonchev–Trinajstić information content (AvgIpc) is 2.13. The summed E-state index contributed by atoms with van der Waals surface area (Å²) in [6, 6.07) is 6.03. The molecule has 0 fully saturated rings. The minimum absolute atomic E-state index is 0.158. The maximum atomic E-state index is 5.96. The van der Waals surface area contributed by atoms with Gasteiger partial charge in [0.1, 0.15) is 0 Å². The van der Waals surface area contributed by atoms with Crippen LogP contribution < -0.4 is 5.32 Å². The lowest BCUT2D eigenvalue weighted by Gasteiger charge is -2.12. The lowest BCUT2D eigenvalue weighted by molar-refractivity contribution is 0.716. The van der Waals surface area contributed by atoms with Gasteiger partial charge >= 0.3 is 0 Å². The summed E-state index contributed by atoms with van der Waals surface area (Å²) >= 11 is 9.31. The van der Waals surface area contributed by atoms with Crippen LogP contribution in [0, 0.1) is 0 Å². The van der Waals surface area contributed by atoms with Crippen LogP contribution in [0.2, 0.25) is 5.02 Å².